The number of alkyl halides is 3. The van der Waals surface area contributed by atoms with Gasteiger partial charge in [0.05, 0.1) is 12.6 Å². The highest BCUT2D eigenvalue weighted by Crippen LogP contribution is 2.32. The zero-order valence-corrected chi connectivity index (χ0v) is 13.2. The maximum Gasteiger partial charge on any atom is 0.397 e. The van der Waals surface area contributed by atoms with Gasteiger partial charge in [-0.2, -0.15) is 28.1 Å². The number of hydrogen-bond acceptors (Lipinski definition) is 9. The van der Waals surface area contributed by atoms with Crippen LogP contribution in [0.2, 0.25) is 0 Å². The predicted molar refractivity (Wildman–Crippen MR) is 79.7 cm³/mol. The number of piperidine rings is 1. The Morgan fingerprint density at radius 1 is 1.08 bits per heavy atom. The first-order valence-electron chi connectivity index (χ1n) is 7.69. The second-order valence-electron chi connectivity index (χ2n) is 5.78. The third kappa shape index (κ3) is 4.53. The smallest absolute Gasteiger partial charge is 0.397 e. The third-order valence-corrected chi connectivity index (χ3v) is 3.79. The molecule has 3 rings (SSSR count). The van der Waals surface area contributed by atoms with E-state index < -0.39 is 18.5 Å². The minimum absolute atomic E-state index is 0.0151. The van der Waals surface area contributed by atoms with Crippen LogP contribution >= 0.6 is 0 Å². The van der Waals surface area contributed by atoms with Gasteiger partial charge >= 0.3 is 6.18 Å². The average Bonchev–Trinajstić information content (AvgIpc) is 2.93. The summed E-state index contributed by atoms with van der Waals surface area (Å²) >= 11 is 0. The summed E-state index contributed by atoms with van der Waals surface area (Å²) in [5, 5.41) is 7.29. The van der Waals surface area contributed by atoms with E-state index in [0.29, 0.717) is 25.3 Å². The molecule has 4 N–H and O–H groups in total. The lowest BCUT2D eigenvalue weighted by Gasteiger charge is -2.32. The van der Waals surface area contributed by atoms with Crippen LogP contribution in [0.15, 0.2) is 4.42 Å². The molecule has 12 heteroatoms. The highest BCUT2D eigenvalue weighted by molar-refractivity contribution is 5.25. The number of hydrogen-bond donors (Lipinski definition) is 2. The van der Waals surface area contributed by atoms with Gasteiger partial charge in [0.1, 0.15) is 12.2 Å². The molecular formula is C13H17F3N8O. The molecule has 0 aliphatic carbocycles. The highest BCUT2D eigenvalue weighted by atomic mass is 19.4. The number of nitrogens with zero attached hydrogens (tertiary/aromatic N) is 6. The molecule has 0 spiro atoms. The highest BCUT2D eigenvalue weighted by Gasteiger charge is 2.33. The van der Waals surface area contributed by atoms with Crippen LogP contribution < -0.4 is 11.5 Å². The number of aromatic nitrogens is 5. The minimum atomic E-state index is -4.39. The van der Waals surface area contributed by atoms with Gasteiger partial charge in [0.15, 0.2) is 0 Å². The van der Waals surface area contributed by atoms with Gasteiger partial charge in [0.2, 0.25) is 23.7 Å². The fraction of sp³-hybridized carbons (Fsp3) is 0.615. The maximum absolute atomic E-state index is 12.4. The van der Waals surface area contributed by atoms with Crippen molar-refractivity contribution in [3.05, 3.63) is 17.6 Å². The molecule has 0 amide bonds. The maximum atomic E-state index is 12.4. The van der Waals surface area contributed by atoms with Crippen LogP contribution in [0.1, 0.15) is 42.9 Å². The number of nitrogen functional groups attached to an aromatic ring is 2. The minimum Gasteiger partial charge on any atom is -0.423 e. The second kappa shape index (κ2) is 6.78. The molecular weight excluding hydrogens is 341 g/mol. The van der Waals surface area contributed by atoms with Crippen molar-refractivity contribution in [3.63, 3.8) is 0 Å². The summed E-state index contributed by atoms with van der Waals surface area (Å²) in [6.07, 6.45) is -3.12. The topological polar surface area (TPSA) is 133 Å². The molecule has 1 saturated heterocycles. The molecule has 25 heavy (non-hydrogen) atoms. The molecule has 9 nitrogen and oxygen atoms in total. The molecule has 2 aromatic rings. The van der Waals surface area contributed by atoms with E-state index in [0.717, 1.165) is 12.8 Å². The normalized spacial score (nSPS) is 19.2. The summed E-state index contributed by atoms with van der Waals surface area (Å²) < 4.78 is 42.6. The van der Waals surface area contributed by atoms with E-state index in [-0.39, 0.29) is 23.8 Å². The Kier molecular flexibility index (Phi) is 4.70. The fourth-order valence-electron chi connectivity index (χ4n) is 2.81. The van der Waals surface area contributed by atoms with Crippen molar-refractivity contribution >= 4 is 11.9 Å². The summed E-state index contributed by atoms with van der Waals surface area (Å²) in [4.78, 5) is 13.7. The molecule has 1 atom stereocenters. The van der Waals surface area contributed by atoms with Crippen LogP contribution in [-0.2, 0) is 13.0 Å². The lowest BCUT2D eigenvalue weighted by Crippen LogP contribution is -2.34. The quantitative estimate of drug-likeness (QED) is 0.828. The number of halogens is 3. The molecule has 136 valence electrons. The van der Waals surface area contributed by atoms with Gasteiger partial charge in [-0.1, -0.05) is 6.42 Å². The van der Waals surface area contributed by atoms with Crippen molar-refractivity contribution in [2.24, 2.45) is 0 Å². The van der Waals surface area contributed by atoms with Crippen LogP contribution in [0.4, 0.5) is 25.1 Å². The molecule has 2 aromatic heterocycles. The Labute approximate surface area is 140 Å². The molecule has 1 fully saturated rings. The summed E-state index contributed by atoms with van der Waals surface area (Å²) in [6.45, 7) is 0.992. The first-order valence-corrected chi connectivity index (χ1v) is 7.69. The fourth-order valence-corrected chi connectivity index (χ4v) is 2.81. The molecule has 1 aliphatic heterocycles. The van der Waals surface area contributed by atoms with Crippen LogP contribution in [0.3, 0.4) is 0 Å². The summed E-state index contributed by atoms with van der Waals surface area (Å²) in [5.74, 6) is 0.130. The lowest BCUT2D eigenvalue weighted by atomic mass is 10.0. The second-order valence-corrected chi connectivity index (χ2v) is 5.78. The van der Waals surface area contributed by atoms with Crippen molar-refractivity contribution in [2.75, 3.05) is 18.0 Å². The van der Waals surface area contributed by atoms with Crippen LogP contribution in [-0.4, -0.2) is 42.8 Å². The molecule has 0 bridgehead atoms. The van der Waals surface area contributed by atoms with Crippen molar-refractivity contribution in [1.29, 1.82) is 0 Å². The number of likely N-dealkylation sites (tertiary alicyclic amines) is 1. The van der Waals surface area contributed by atoms with E-state index in [9.17, 15) is 13.2 Å². The molecule has 0 unspecified atom stereocenters. The van der Waals surface area contributed by atoms with Gasteiger partial charge < -0.3 is 15.9 Å². The summed E-state index contributed by atoms with van der Waals surface area (Å²) in [7, 11) is 0. The van der Waals surface area contributed by atoms with E-state index in [4.69, 9.17) is 15.9 Å². The standard InChI is InChI=1S/C13H17F3N8O/c14-13(15,16)5-9-22-23-10(25-9)7-3-1-2-4-24(7)6-8-19-11(17)21-12(18)20-8/h7H,1-6H2,(H4,17,18,19,20,21)/t7-/m0/s1. The molecule has 0 radical (unpaired) electrons. The van der Waals surface area contributed by atoms with E-state index >= 15 is 0 Å². The molecule has 1 aliphatic rings. The van der Waals surface area contributed by atoms with Gasteiger partial charge in [-0.05, 0) is 19.4 Å². The Morgan fingerprint density at radius 3 is 2.48 bits per heavy atom. The van der Waals surface area contributed by atoms with Crippen molar-refractivity contribution < 1.29 is 17.6 Å². The molecule has 0 saturated carbocycles. The lowest BCUT2D eigenvalue weighted by molar-refractivity contribution is -0.131. The van der Waals surface area contributed by atoms with Gasteiger partial charge in [-0.15, -0.1) is 10.2 Å². The van der Waals surface area contributed by atoms with Crippen molar-refractivity contribution in [3.8, 4) is 0 Å². The monoisotopic (exact) mass is 358 g/mol. The Bertz CT molecular complexity index is 714. The van der Waals surface area contributed by atoms with Crippen LogP contribution in [0.5, 0.6) is 0 Å². The third-order valence-electron chi connectivity index (χ3n) is 3.79. The zero-order chi connectivity index (χ0) is 18.0. The molecule has 0 aromatic carbocycles. The van der Waals surface area contributed by atoms with Crippen molar-refractivity contribution in [1.82, 2.24) is 30.0 Å². The Morgan fingerprint density at radius 2 is 1.80 bits per heavy atom. The Hall–Kier alpha value is -2.50. The largest absolute Gasteiger partial charge is 0.423 e. The SMILES string of the molecule is Nc1nc(N)nc(CN2CCCC[C@H]2c2nnc(CC(F)(F)F)o2)n1. The predicted octanol–water partition coefficient (Wildman–Crippen LogP) is 1.25. The first kappa shape index (κ1) is 17.3. The van der Waals surface area contributed by atoms with E-state index in [1.54, 1.807) is 0 Å². The summed E-state index contributed by atoms with van der Waals surface area (Å²) in [6, 6.07) is -0.303. The number of nitrogens with two attached hydrogens (primary N) is 2. The molecule has 3 heterocycles. The van der Waals surface area contributed by atoms with Crippen LogP contribution in [0, 0.1) is 0 Å². The first-order chi connectivity index (χ1) is 11.8. The van der Waals surface area contributed by atoms with Gasteiger partial charge in [0.25, 0.3) is 0 Å². The zero-order valence-electron chi connectivity index (χ0n) is 13.2. The average molecular weight is 358 g/mol. The van der Waals surface area contributed by atoms with E-state index in [1.807, 2.05) is 4.90 Å². The van der Waals surface area contributed by atoms with Gasteiger partial charge in [0, 0.05) is 0 Å². The number of anilines is 2. The van der Waals surface area contributed by atoms with E-state index in [2.05, 4.69) is 25.1 Å². The summed E-state index contributed by atoms with van der Waals surface area (Å²) in [5.41, 5.74) is 11.1. The van der Waals surface area contributed by atoms with Crippen LogP contribution in [0.25, 0.3) is 0 Å². The van der Waals surface area contributed by atoms with Gasteiger partial charge in [-0.25, -0.2) is 0 Å². The number of rotatable bonds is 4. The van der Waals surface area contributed by atoms with E-state index in [1.165, 1.54) is 0 Å². The Balaban J connectivity index is 1.77. The van der Waals surface area contributed by atoms with Gasteiger partial charge in [-0.3, -0.25) is 4.90 Å². The van der Waals surface area contributed by atoms with Crippen molar-refractivity contribution in [2.45, 2.75) is 44.4 Å².